The van der Waals surface area contributed by atoms with Crippen molar-refractivity contribution in [2.45, 2.75) is 33.6 Å². The van der Waals surface area contributed by atoms with Gasteiger partial charge in [-0.15, -0.1) is 0 Å². The van der Waals surface area contributed by atoms with Gasteiger partial charge >= 0.3 is 0 Å². The molecular formula is C17H30N2O3. The molecule has 1 aliphatic rings. The molecular weight excluding hydrogens is 280 g/mol. The van der Waals surface area contributed by atoms with Gasteiger partial charge in [0.1, 0.15) is 17.1 Å². The number of aromatic hydroxyl groups is 1. The lowest BCUT2D eigenvalue weighted by atomic mass is 10.1. The number of carbonyl (C=O) groups is 1. The lowest BCUT2D eigenvalue weighted by Crippen LogP contribution is -2.18. The predicted molar refractivity (Wildman–Crippen MR) is 90.7 cm³/mol. The van der Waals surface area contributed by atoms with Gasteiger partial charge in [0.2, 0.25) is 0 Å². The second-order valence-electron chi connectivity index (χ2n) is 4.57. The van der Waals surface area contributed by atoms with Crippen LogP contribution in [0.3, 0.4) is 0 Å². The number of nitrogens with one attached hydrogen (secondary N) is 1. The second-order valence-corrected chi connectivity index (χ2v) is 4.57. The van der Waals surface area contributed by atoms with Gasteiger partial charge in [-0.1, -0.05) is 26.8 Å². The molecule has 1 aromatic carbocycles. The maximum Gasteiger partial charge on any atom is 0.258 e. The van der Waals surface area contributed by atoms with Gasteiger partial charge in [-0.05, 0) is 44.6 Å². The van der Waals surface area contributed by atoms with Crippen LogP contribution >= 0.6 is 0 Å². The number of rotatable bonds is 3. The first-order valence-corrected chi connectivity index (χ1v) is 7.94. The molecule has 0 radical (unpaired) electrons. The number of ether oxygens (including phenoxy) is 1. The average Bonchev–Trinajstić information content (AvgIpc) is 3.10. The molecule has 1 aliphatic heterocycles. The molecule has 22 heavy (non-hydrogen) atoms. The highest BCUT2D eigenvalue weighted by atomic mass is 16.5. The Hall–Kier alpha value is -1.75. The highest BCUT2D eigenvalue weighted by molar-refractivity contribution is 5.99. The van der Waals surface area contributed by atoms with Gasteiger partial charge in [0, 0.05) is 7.05 Å². The van der Waals surface area contributed by atoms with Crippen molar-refractivity contribution in [2.24, 2.45) is 0 Å². The zero-order chi connectivity index (χ0) is 17.0. The molecule has 1 fully saturated rings. The Balaban J connectivity index is 0.000000412. The molecule has 1 aromatic rings. The van der Waals surface area contributed by atoms with E-state index < -0.39 is 0 Å². The number of carbonyl (C=O) groups excluding carboxylic acids is 1. The van der Waals surface area contributed by atoms with Gasteiger partial charge in [-0.3, -0.25) is 4.79 Å². The summed E-state index contributed by atoms with van der Waals surface area (Å²) in [6, 6.07) is 4.66. The molecule has 5 heteroatoms. The molecule has 0 saturated carbocycles. The van der Waals surface area contributed by atoms with Crippen molar-refractivity contribution in [2.75, 3.05) is 33.8 Å². The number of hydrogen-bond acceptors (Lipinski definition) is 4. The lowest BCUT2D eigenvalue weighted by molar-refractivity contribution is 0.0957. The summed E-state index contributed by atoms with van der Waals surface area (Å²) in [5, 5.41) is 11.8. The summed E-state index contributed by atoms with van der Waals surface area (Å²) in [7, 11) is 2.94. The Morgan fingerprint density at radius 3 is 2.32 bits per heavy atom. The van der Waals surface area contributed by atoms with Gasteiger partial charge in [0.25, 0.3) is 5.91 Å². The number of likely N-dealkylation sites (tertiary alicyclic amines) is 1. The quantitative estimate of drug-likeness (QED) is 0.901. The molecule has 126 valence electrons. The minimum absolute atomic E-state index is 0.0845. The molecule has 5 nitrogen and oxygen atoms in total. The van der Waals surface area contributed by atoms with Crippen molar-refractivity contribution in [1.82, 2.24) is 10.2 Å². The van der Waals surface area contributed by atoms with E-state index in [4.69, 9.17) is 4.74 Å². The molecule has 0 unspecified atom stereocenters. The molecule has 1 heterocycles. The number of benzene rings is 1. The van der Waals surface area contributed by atoms with E-state index in [2.05, 4.69) is 17.1 Å². The molecule has 2 N–H and O–H groups in total. The van der Waals surface area contributed by atoms with Crippen LogP contribution in [-0.4, -0.2) is 49.7 Å². The fourth-order valence-corrected chi connectivity index (χ4v) is 2.14. The Labute approximate surface area is 134 Å². The maximum atomic E-state index is 11.3. The highest BCUT2D eigenvalue weighted by Gasteiger charge is 2.14. The standard InChI is InChI=1S/C9H11NO3.C6H13N.C2H6/c1-10-9(12)8-6(11)4-3-5-7(8)13-2;1-2-7-5-3-4-6-7;1-2/h3-5,11H,1-2H3,(H,10,12);2-6H2,1H3;1-2H3. The summed E-state index contributed by atoms with van der Waals surface area (Å²) in [6.07, 6.45) is 2.85. The lowest BCUT2D eigenvalue weighted by Gasteiger charge is -2.08. The molecule has 0 aromatic heterocycles. The molecule has 1 amide bonds. The van der Waals surface area contributed by atoms with Gasteiger partial charge < -0.3 is 20.1 Å². The number of phenols is 1. The van der Waals surface area contributed by atoms with Gasteiger partial charge in [0.15, 0.2) is 0 Å². The normalized spacial score (nSPS) is 13.3. The van der Waals surface area contributed by atoms with E-state index in [1.54, 1.807) is 12.1 Å². The Bertz CT molecular complexity index is 430. The van der Waals surface area contributed by atoms with Crippen molar-refractivity contribution >= 4 is 5.91 Å². The molecule has 1 saturated heterocycles. The van der Waals surface area contributed by atoms with Crippen LogP contribution in [0, 0.1) is 0 Å². The smallest absolute Gasteiger partial charge is 0.258 e. The van der Waals surface area contributed by atoms with Crippen molar-refractivity contribution < 1.29 is 14.6 Å². The van der Waals surface area contributed by atoms with Crippen LogP contribution in [0.1, 0.15) is 44.0 Å². The zero-order valence-corrected chi connectivity index (χ0v) is 14.5. The van der Waals surface area contributed by atoms with Crippen molar-refractivity contribution in [1.29, 1.82) is 0 Å². The zero-order valence-electron chi connectivity index (χ0n) is 14.5. The highest BCUT2D eigenvalue weighted by Crippen LogP contribution is 2.26. The van der Waals surface area contributed by atoms with Gasteiger partial charge in [-0.2, -0.15) is 0 Å². The molecule has 0 aliphatic carbocycles. The topological polar surface area (TPSA) is 61.8 Å². The predicted octanol–water partition coefficient (Wildman–Crippen LogP) is 2.89. The monoisotopic (exact) mass is 310 g/mol. The number of phenolic OH excluding ortho intramolecular Hbond substituents is 1. The Morgan fingerprint density at radius 2 is 1.91 bits per heavy atom. The minimum atomic E-state index is -0.366. The van der Waals surface area contributed by atoms with E-state index in [0.717, 1.165) is 0 Å². The number of hydrogen-bond donors (Lipinski definition) is 2. The van der Waals surface area contributed by atoms with Gasteiger partial charge in [-0.25, -0.2) is 0 Å². The first-order valence-electron chi connectivity index (χ1n) is 7.94. The molecule has 0 atom stereocenters. The van der Waals surface area contributed by atoms with Crippen LogP contribution in [0.2, 0.25) is 0 Å². The van der Waals surface area contributed by atoms with Crippen LogP contribution < -0.4 is 10.1 Å². The third kappa shape index (κ3) is 6.35. The molecule has 0 bridgehead atoms. The Morgan fingerprint density at radius 1 is 1.32 bits per heavy atom. The van der Waals surface area contributed by atoms with Crippen LogP contribution in [-0.2, 0) is 0 Å². The third-order valence-corrected chi connectivity index (χ3v) is 3.32. The van der Waals surface area contributed by atoms with E-state index in [-0.39, 0.29) is 17.2 Å². The van der Waals surface area contributed by atoms with Crippen LogP contribution in [0.15, 0.2) is 18.2 Å². The summed E-state index contributed by atoms with van der Waals surface area (Å²) >= 11 is 0. The van der Waals surface area contributed by atoms with Crippen molar-refractivity contribution in [3.63, 3.8) is 0 Å². The summed E-state index contributed by atoms with van der Waals surface area (Å²) < 4.78 is 4.93. The van der Waals surface area contributed by atoms with E-state index in [9.17, 15) is 9.90 Å². The van der Waals surface area contributed by atoms with Crippen LogP contribution in [0.4, 0.5) is 0 Å². The fraction of sp³-hybridized carbons (Fsp3) is 0.588. The van der Waals surface area contributed by atoms with E-state index in [0.29, 0.717) is 5.75 Å². The van der Waals surface area contributed by atoms with Crippen LogP contribution in [0.25, 0.3) is 0 Å². The number of nitrogens with zero attached hydrogens (tertiary/aromatic N) is 1. The first kappa shape index (κ1) is 20.2. The van der Waals surface area contributed by atoms with Crippen LogP contribution in [0.5, 0.6) is 11.5 Å². The van der Waals surface area contributed by atoms with Gasteiger partial charge in [0.05, 0.1) is 7.11 Å². The first-order chi connectivity index (χ1) is 10.6. The maximum absolute atomic E-state index is 11.3. The van der Waals surface area contributed by atoms with Crippen molar-refractivity contribution in [3.05, 3.63) is 23.8 Å². The largest absolute Gasteiger partial charge is 0.507 e. The summed E-state index contributed by atoms with van der Waals surface area (Å²) in [6.45, 7) is 10.2. The molecule has 2 rings (SSSR count). The summed E-state index contributed by atoms with van der Waals surface area (Å²) in [5.41, 5.74) is 0.160. The third-order valence-electron chi connectivity index (χ3n) is 3.32. The second kappa shape index (κ2) is 11.9. The number of amides is 1. The van der Waals surface area contributed by atoms with E-state index in [1.165, 1.54) is 52.7 Å². The van der Waals surface area contributed by atoms with Crippen molar-refractivity contribution in [3.8, 4) is 11.5 Å². The summed E-state index contributed by atoms with van der Waals surface area (Å²) in [4.78, 5) is 13.7. The number of methoxy groups -OCH3 is 1. The SMILES string of the molecule is CC.CCN1CCCC1.CNC(=O)c1c(O)cccc1OC. The summed E-state index contributed by atoms with van der Waals surface area (Å²) in [5.74, 6) is -0.0898. The Kier molecular flexibility index (Phi) is 10.9. The van der Waals surface area contributed by atoms with E-state index >= 15 is 0 Å². The fourth-order valence-electron chi connectivity index (χ4n) is 2.14. The molecule has 0 spiro atoms. The average molecular weight is 310 g/mol. The minimum Gasteiger partial charge on any atom is -0.507 e. The van der Waals surface area contributed by atoms with E-state index in [1.807, 2.05) is 13.8 Å².